The van der Waals surface area contributed by atoms with Crippen LogP contribution < -0.4 is 10.0 Å². The molecule has 2 N–H and O–H groups in total. The summed E-state index contributed by atoms with van der Waals surface area (Å²) < 4.78 is 27.6. The van der Waals surface area contributed by atoms with Gasteiger partial charge in [-0.25, -0.2) is 13.1 Å². The number of rotatable bonds is 7. The fourth-order valence-electron chi connectivity index (χ4n) is 2.44. The van der Waals surface area contributed by atoms with E-state index in [1.165, 1.54) is 6.42 Å². The van der Waals surface area contributed by atoms with Crippen molar-refractivity contribution in [3.63, 3.8) is 0 Å². The minimum Gasteiger partial charge on any atom is -0.313 e. The maximum atomic E-state index is 12.3. The summed E-state index contributed by atoms with van der Waals surface area (Å²) in [7, 11) is -1.53. The molecule has 1 aromatic rings. The SMILES string of the molecule is CNC(C)c1ccc(S(=O)(=O)NCC2(SC)CCC2)cc1. The van der Waals surface area contributed by atoms with Gasteiger partial charge in [0.15, 0.2) is 0 Å². The Morgan fingerprint density at radius 2 is 1.90 bits per heavy atom. The van der Waals surface area contributed by atoms with E-state index in [0.29, 0.717) is 11.4 Å². The molecule has 0 amide bonds. The van der Waals surface area contributed by atoms with Crippen LogP contribution in [0.1, 0.15) is 37.8 Å². The highest BCUT2D eigenvalue weighted by Gasteiger charge is 2.37. The molecule has 2 rings (SSSR count). The maximum absolute atomic E-state index is 12.3. The summed E-state index contributed by atoms with van der Waals surface area (Å²) in [5.74, 6) is 0. The van der Waals surface area contributed by atoms with E-state index in [9.17, 15) is 8.42 Å². The number of thioether (sulfide) groups is 1. The Bertz CT molecular complexity index is 560. The molecule has 6 heteroatoms. The smallest absolute Gasteiger partial charge is 0.240 e. The van der Waals surface area contributed by atoms with Gasteiger partial charge in [-0.15, -0.1) is 0 Å². The molecule has 1 fully saturated rings. The van der Waals surface area contributed by atoms with Gasteiger partial charge >= 0.3 is 0 Å². The average molecular weight is 329 g/mol. The van der Waals surface area contributed by atoms with E-state index in [1.807, 2.05) is 26.1 Å². The van der Waals surface area contributed by atoms with Crippen LogP contribution in [-0.2, 0) is 10.0 Å². The van der Waals surface area contributed by atoms with Crippen LogP contribution in [0.4, 0.5) is 0 Å². The van der Waals surface area contributed by atoms with E-state index in [1.54, 1.807) is 23.9 Å². The molecule has 0 heterocycles. The van der Waals surface area contributed by atoms with Crippen LogP contribution in [0.3, 0.4) is 0 Å². The number of sulfonamides is 1. The molecule has 0 saturated heterocycles. The lowest BCUT2D eigenvalue weighted by atomic mass is 9.84. The van der Waals surface area contributed by atoms with E-state index in [0.717, 1.165) is 18.4 Å². The average Bonchev–Trinajstić information content (AvgIpc) is 2.46. The largest absolute Gasteiger partial charge is 0.313 e. The van der Waals surface area contributed by atoms with Gasteiger partial charge in [-0.3, -0.25) is 0 Å². The van der Waals surface area contributed by atoms with E-state index in [-0.39, 0.29) is 10.8 Å². The first-order chi connectivity index (χ1) is 9.92. The first-order valence-corrected chi connectivity index (χ1v) is 9.95. The molecule has 118 valence electrons. The van der Waals surface area contributed by atoms with Crippen molar-refractivity contribution in [1.29, 1.82) is 0 Å². The van der Waals surface area contributed by atoms with Crippen LogP contribution in [0.2, 0.25) is 0 Å². The number of hydrogen-bond donors (Lipinski definition) is 2. The van der Waals surface area contributed by atoms with Crippen LogP contribution in [0.25, 0.3) is 0 Å². The second-order valence-electron chi connectivity index (χ2n) is 5.64. The van der Waals surface area contributed by atoms with Crippen molar-refractivity contribution in [3.8, 4) is 0 Å². The number of nitrogens with one attached hydrogen (secondary N) is 2. The zero-order valence-electron chi connectivity index (χ0n) is 12.8. The van der Waals surface area contributed by atoms with Gasteiger partial charge < -0.3 is 5.32 Å². The normalized spacial score (nSPS) is 19.0. The Labute approximate surface area is 132 Å². The molecule has 0 aromatic heterocycles. The van der Waals surface area contributed by atoms with E-state index in [4.69, 9.17) is 0 Å². The van der Waals surface area contributed by atoms with Gasteiger partial charge in [0.2, 0.25) is 10.0 Å². The Hall–Kier alpha value is -0.560. The molecule has 1 aromatic carbocycles. The lowest BCUT2D eigenvalue weighted by Crippen LogP contribution is -2.45. The molecule has 4 nitrogen and oxygen atoms in total. The van der Waals surface area contributed by atoms with Crippen LogP contribution in [0, 0.1) is 0 Å². The van der Waals surface area contributed by atoms with E-state index >= 15 is 0 Å². The van der Waals surface area contributed by atoms with Gasteiger partial charge in [-0.2, -0.15) is 11.8 Å². The Balaban J connectivity index is 2.05. The molecule has 1 saturated carbocycles. The Morgan fingerprint density at radius 1 is 1.29 bits per heavy atom. The minimum absolute atomic E-state index is 0.105. The van der Waals surface area contributed by atoms with Crippen molar-refractivity contribution in [2.24, 2.45) is 0 Å². The van der Waals surface area contributed by atoms with Crippen molar-refractivity contribution in [2.75, 3.05) is 19.8 Å². The third-order valence-electron chi connectivity index (χ3n) is 4.41. The molecule has 1 atom stereocenters. The van der Waals surface area contributed by atoms with Gasteiger partial charge in [0.1, 0.15) is 0 Å². The fourth-order valence-corrected chi connectivity index (χ4v) is 4.57. The summed E-state index contributed by atoms with van der Waals surface area (Å²) in [5.41, 5.74) is 1.08. The first kappa shape index (κ1) is 16.8. The predicted molar refractivity (Wildman–Crippen MR) is 89.2 cm³/mol. The van der Waals surface area contributed by atoms with E-state index in [2.05, 4.69) is 16.3 Å². The van der Waals surface area contributed by atoms with Crippen LogP contribution >= 0.6 is 11.8 Å². The Morgan fingerprint density at radius 3 is 2.33 bits per heavy atom. The van der Waals surface area contributed by atoms with Gasteiger partial charge in [-0.1, -0.05) is 18.6 Å². The van der Waals surface area contributed by atoms with Crippen molar-refractivity contribution in [2.45, 2.75) is 41.9 Å². The highest BCUT2D eigenvalue weighted by molar-refractivity contribution is 8.00. The molecule has 21 heavy (non-hydrogen) atoms. The second kappa shape index (κ2) is 6.69. The second-order valence-corrected chi connectivity index (χ2v) is 8.69. The third kappa shape index (κ3) is 3.80. The lowest BCUT2D eigenvalue weighted by molar-refractivity contribution is 0.362. The summed E-state index contributed by atoms with van der Waals surface area (Å²) >= 11 is 1.77. The molecule has 0 spiro atoms. The zero-order valence-corrected chi connectivity index (χ0v) is 14.5. The molecular formula is C15H24N2O2S2. The van der Waals surface area contributed by atoms with Crippen molar-refractivity contribution >= 4 is 21.8 Å². The highest BCUT2D eigenvalue weighted by Crippen LogP contribution is 2.42. The molecule has 0 aliphatic heterocycles. The maximum Gasteiger partial charge on any atom is 0.240 e. The summed E-state index contributed by atoms with van der Waals surface area (Å²) in [6, 6.07) is 7.30. The van der Waals surface area contributed by atoms with Crippen molar-refractivity contribution < 1.29 is 8.42 Å². The minimum atomic E-state index is -3.41. The topological polar surface area (TPSA) is 58.2 Å². The summed E-state index contributed by atoms with van der Waals surface area (Å²) in [5, 5.41) is 3.14. The molecule has 0 radical (unpaired) electrons. The number of benzene rings is 1. The zero-order chi connectivity index (χ0) is 15.5. The lowest BCUT2D eigenvalue weighted by Gasteiger charge is -2.40. The summed E-state index contributed by atoms with van der Waals surface area (Å²) in [6.07, 6.45) is 5.44. The first-order valence-electron chi connectivity index (χ1n) is 7.24. The van der Waals surface area contributed by atoms with Crippen LogP contribution in [0.15, 0.2) is 29.2 Å². The van der Waals surface area contributed by atoms with Gasteiger partial charge in [0.05, 0.1) is 4.90 Å². The monoisotopic (exact) mass is 328 g/mol. The van der Waals surface area contributed by atoms with E-state index < -0.39 is 10.0 Å². The van der Waals surface area contributed by atoms with Crippen molar-refractivity contribution in [1.82, 2.24) is 10.0 Å². The van der Waals surface area contributed by atoms with Crippen molar-refractivity contribution in [3.05, 3.63) is 29.8 Å². The highest BCUT2D eigenvalue weighted by atomic mass is 32.2. The number of hydrogen-bond acceptors (Lipinski definition) is 4. The van der Waals surface area contributed by atoms with Gasteiger partial charge in [0.25, 0.3) is 0 Å². The van der Waals surface area contributed by atoms with Crippen LogP contribution in [0.5, 0.6) is 0 Å². The third-order valence-corrected chi connectivity index (χ3v) is 7.24. The molecular weight excluding hydrogens is 304 g/mol. The molecule has 0 bridgehead atoms. The standard InChI is InChI=1S/C15H24N2O2S2/c1-12(16-2)13-5-7-14(8-6-13)21(18,19)17-11-15(20-3)9-4-10-15/h5-8,12,16-17H,4,9-11H2,1-3H3. The summed E-state index contributed by atoms with van der Waals surface area (Å²) in [4.78, 5) is 0.338. The van der Waals surface area contributed by atoms with Crippen LogP contribution in [-0.4, -0.2) is 33.0 Å². The van der Waals surface area contributed by atoms with Gasteiger partial charge in [0, 0.05) is 17.3 Å². The Kier molecular flexibility index (Phi) is 5.35. The molecule has 1 aliphatic carbocycles. The van der Waals surface area contributed by atoms with Gasteiger partial charge in [-0.05, 0) is 50.8 Å². The summed E-state index contributed by atoms with van der Waals surface area (Å²) in [6.45, 7) is 2.56. The predicted octanol–water partition coefficient (Wildman–Crippen LogP) is 2.53. The fraction of sp³-hybridized carbons (Fsp3) is 0.600. The molecule has 1 aliphatic rings. The molecule has 1 unspecified atom stereocenters. The quantitative estimate of drug-likeness (QED) is 0.807.